The van der Waals surface area contributed by atoms with Gasteiger partial charge in [-0.1, -0.05) is 0 Å². The molecule has 2 aliphatic rings. The molecular formula is C16H20N6O. The molecule has 7 nitrogen and oxygen atoms in total. The van der Waals surface area contributed by atoms with E-state index in [1.165, 1.54) is 0 Å². The predicted octanol–water partition coefficient (Wildman–Crippen LogP) is 1.18. The SMILES string of the molecule is CN1CCc2c(C#N)c(NC[C@@H]3CCCO3)n3cnnc3c2C1. The smallest absolute Gasteiger partial charge is 0.167 e. The summed E-state index contributed by atoms with van der Waals surface area (Å²) in [6, 6.07) is 2.40. The van der Waals surface area contributed by atoms with Crippen molar-refractivity contribution in [1.82, 2.24) is 19.5 Å². The number of aromatic nitrogens is 3. The summed E-state index contributed by atoms with van der Waals surface area (Å²) in [6.07, 6.45) is 4.94. The lowest BCUT2D eigenvalue weighted by Crippen LogP contribution is -2.29. The van der Waals surface area contributed by atoms with E-state index in [0.717, 1.165) is 67.1 Å². The van der Waals surface area contributed by atoms with Gasteiger partial charge in [-0.3, -0.25) is 4.40 Å². The topological polar surface area (TPSA) is 78.5 Å². The molecule has 1 atom stereocenters. The Bertz CT molecular complexity index is 771. The Kier molecular flexibility index (Phi) is 3.63. The molecule has 23 heavy (non-hydrogen) atoms. The minimum Gasteiger partial charge on any atom is -0.376 e. The fraction of sp³-hybridized carbons (Fsp3) is 0.562. The molecule has 2 aliphatic heterocycles. The summed E-state index contributed by atoms with van der Waals surface area (Å²) < 4.78 is 7.58. The Morgan fingerprint density at radius 1 is 1.48 bits per heavy atom. The van der Waals surface area contributed by atoms with Crippen LogP contribution in [0, 0.1) is 11.3 Å². The minimum absolute atomic E-state index is 0.218. The summed E-state index contributed by atoms with van der Waals surface area (Å²) in [5, 5.41) is 21.5. The number of hydrogen-bond acceptors (Lipinski definition) is 6. The zero-order chi connectivity index (χ0) is 15.8. The lowest BCUT2D eigenvalue weighted by atomic mass is 9.96. The van der Waals surface area contributed by atoms with Gasteiger partial charge in [0.1, 0.15) is 18.2 Å². The van der Waals surface area contributed by atoms with Gasteiger partial charge in [0.05, 0.1) is 11.7 Å². The first kappa shape index (κ1) is 14.4. The molecule has 0 aliphatic carbocycles. The summed E-state index contributed by atoms with van der Waals surface area (Å²) in [4.78, 5) is 2.25. The molecule has 0 aromatic carbocycles. The van der Waals surface area contributed by atoms with Crippen LogP contribution in [0.1, 0.15) is 29.5 Å². The summed E-state index contributed by atoms with van der Waals surface area (Å²) in [5.41, 5.74) is 3.80. The number of fused-ring (bicyclic) bond motifs is 3. The highest BCUT2D eigenvalue weighted by Crippen LogP contribution is 2.30. The van der Waals surface area contributed by atoms with Gasteiger partial charge >= 0.3 is 0 Å². The number of nitrogens with one attached hydrogen (secondary N) is 1. The van der Waals surface area contributed by atoms with Crippen molar-refractivity contribution in [3.63, 3.8) is 0 Å². The molecule has 2 aromatic rings. The van der Waals surface area contributed by atoms with Gasteiger partial charge in [0.25, 0.3) is 0 Å². The van der Waals surface area contributed by atoms with Crippen LogP contribution in [0.25, 0.3) is 5.65 Å². The van der Waals surface area contributed by atoms with E-state index >= 15 is 0 Å². The lowest BCUT2D eigenvalue weighted by Gasteiger charge is -2.27. The van der Waals surface area contributed by atoms with E-state index in [4.69, 9.17) is 4.74 Å². The van der Waals surface area contributed by atoms with Gasteiger partial charge < -0.3 is 15.0 Å². The first-order valence-corrected chi connectivity index (χ1v) is 8.09. The third kappa shape index (κ3) is 2.44. The number of pyridine rings is 1. The van der Waals surface area contributed by atoms with E-state index in [9.17, 15) is 5.26 Å². The van der Waals surface area contributed by atoms with Crippen LogP contribution in [0.15, 0.2) is 6.33 Å². The fourth-order valence-corrected chi connectivity index (χ4v) is 3.56. The van der Waals surface area contributed by atoms with Crippen LogP contribution < -0.4 is 5.32 Å². The number of likely N-dealkylation sites (N-methyl/N-ethyl adjacent to an activating group) is 1. The van der Waals surface area contributed by atoms with E-state index in [1.807, 2.05) is 4.40 Å². The van der Waals surface area contributed by atoms with Crippen LogP contribution >= 0.6 is 0 Å². The molecule has 4 rings (SSSR count). The van der Waals surface area contributed by atoms with Gasteiger partial charge in [0, 0.05) is 31.8 Å². The van der Waals surface area contributed by atoms with E-state index in [1.54, 1.807) is 6.33 Å². The number of nitriles is 1. The molecule has 0 radical (unpaired) electrons. The average Bonchev–Trinajstić information content (AvgIpc) is 3.23. The van der Waals surface area contributed by atoms with Crippen LogP contribution in [-0.4, -0.2) is 52.3 Å². The summed E-state index contributed by atoms with van der Waals surface area (Å²) in [6.45, 7) is 3.30. The Morgan fingerprint density at radius 2 is 2.39 bits per heavy atom. The maximum atomic E-state index is 9.74. The van der Waals surface area contributed by atoms with Crippen LogP contribution in [0.3, 0.4) is 0 Å². The highest BCUT2D eigenvalue weighted by atomic mass is 16.5. The summed E-state index contributed by atoms with van der Waals surface area (Å²) >= 11 is 0. The molecule has 2 aromatic heterocycles. The number of rotatable bonds is 3. The zero-order valence-corrected chi connectivity index (χ0v) is 13.2. The first-order chi connectivity index (χ1) is 11.3. The molecule has 0 saturated carbocycles. The molecular weight excluding hydrogens is 292 g/mol. The molecule has 0 bridgehead atoms. The van der Waals surface area contributed by atoms with Crippen molar-refractivity contribution in [2.45, 2.75) is 31.9 Å². The number of ether oxygens (including phenoxy) is 1. The highest BCUT2D eigenvalue weighted by Gasteiger charge is 2.25. The lowest BCUT2D eigenvalue weighted by molar-refractivity contribution is 0.120. The third-order valence-corrected chi connectivity index (χ3v) is 4.77. The van der Waals surface area contributed by atoms with Crippen LogP contribution in [0.2, 0.25) is 0 Å². The van der Waals surface area contributed by atoms with Crippen molar-refractivity contribution in [2.75, 3.05) is 32.1 Å². The quantitative estimate of drug-likeness (QED) is 0.917. The molecule has 1 saturated heterocycles. The predicted molar refractivity (Wildman–Crippen MR) is 85.2 cm³/mol. The molecule has 0 unspecified atom stereocenters. The average molecular weight is 312 g/mol. The van der Waals surface area contributed by atoms with Crippen molar-refractivity contribution < 1.29 is 4.74 Å². The molecule has 7 heteroatoms. The van der Waals surface area contributed by atoms with Crippen molar-refractivity contribution in [3.8, 4) is 6.07 Å². The summed E-state index contributed by atoms with van der Waals surface area (Å²) in [7, 11) is 2.09. The van der Waals surface area contributed by atoms with Crippen LogP contribution in [0.4, 0.5) is 5.82 Å². The Hall–Kier alpha value is -2.17. The zero-order valence-electron chi connectivity index (χ0n) is 13.2. The molecule has 120 valence electrons. The molecule has 4 heterocycles. The molecule has 1 fully saturated rings. The summed E-state index contributed by atoms with van der Waals surface area (Å²) in [5.74, 6) is 0.798. The van der Waals surface area contributed by atoms with Gasteiger partial charge in [-0.05, 0) is 31.9 Å². The second-order valence-electron chi connectivity index (χ2n) is 6.32. The Morgan fingerprint density at radius 3 is 3.17 bits per heavy atom. The second-order valence-corrected chi connectivity index (χ2v) is 6.32. The van der Waals surface area contributed by atoms with E-state index in [0.29, 0.717) is 6.54 Å². The maximum Gasteiger partial charge on any atom is 0.167 e. The standard InChI is InChI=1S/C16H20N6O/c1-21-5-4-12-13(7-17)15(18-8-11-3-2-6-23-11)22-10-19-20-16(22)14(12)9-21/h10-11,18H,2-6,8-9H2,1H3/t11-/m0/s1. The largest absolute Gasteiger partial charge is 0.376 e. The molecule has 0 spiro atoms. The highest BCUT2D eigenvalue weighted by molar-refractivity contribution is 5.68. The monoisotopic (exact) mass is 312 g/mol. The van der Waals surface area contributed by atoms with Crippen LogP contribution in [-0.2, 0) is 17.7 Å². The van der Waals surface area contributed by atoms with Gasteiger partial charge in [-0.15, -0.1) is 10.2 Å². The van der Waals surface area contributed by atoms with Crippen molar-refractivity contribution in [1.29, 1.82) is 5.26 Å². The molecule has 0 amide bonds. The fourth-order valence-electron chi connectivity index (χ4n) is 3.56. The molecule has 1 N–H and O–H groups in total. The number of nitrogens with zero attached hydrogens (tertiary/aromatic N) is 5. The number of anilines is 1. The first-order valence-electron chi connectivity index (χ1n) is 8.09. The number of hydrogen-bond donors (Lipinski definition) is 1. The van der Waals surface area contributed by atoms with Gasteiger partial charge in [0.2, 0.25) is 0 Å². The van der Waals surface area contributed by atoms with Gasteiger partial charge in [-0.25, -0.2) is 0 Å². The van der Waals surface area contributed by atoms with E-state index in [2.05, 4.69) is 33.5 Å². The van der Waals surface area contributed by atoms with Crippen molar-refractivity contribution >= 4 is 11.5 Å². The van der Waals surface area contributed by atoms with Gasteiger partial charge in [-0.2, -0.15) is 5.26 Å². The minimum atomic E-state index is 0.218. The maximum absolute atomic E-state index is 9.74. The van der Waals surface area contributed by atoms with Crippen molar-refractivity contribution in [3.05, 3.63) is 23.0 Å². The van der Waals surface area contributed by atoms with E-state index < -0.39 is 0 Å². The Labute approximate surface area is 134 Å². The third-order valence-electron chi connectivity index (χ3n) is 4.77. The normalized spacial score (nSPS) is 21.3. The van der Waals surface area contributed by atoms with Crippen molar-refractivity contribution in [2.24, 2.45) is 0 Å². The van der Waals surface area contributed by atoms with Crippen LogP contribution in [0.5, 0.6) is 0 Å². The van der Waals surface area contributed by atoms with Gasteiger partial charge in [0.15, 0.2) is 5.65 Å². The second kappa shape index (κ2) is 5.80. The Balaban J connectivity index is 1.78. The van der Waals surface area contributed by atoms with E-state index in [-0.39, 0.29) is 6.10 Å².